The Hall–Kier alpha value is -3.22. The minimum Gasteiger partial charge on any atom is -0.338 e. The van der Waals surface area contributed by atoms with Crippen LogP contribution in [0.3, 0.4) is 0 Å². The van der Waals surface area contributed by atoms with Gasteiger partial charge in [0.05, 0.1) is 0 Å². The fourth-order valence-corrected chi connectivity index (χ4v) is 3.22. The third kappa shape index (κ3) is 4.13. The second-order valence-electron chi connectivity index (χ2n) is 6.57. The van der Waals surface area contributed by atoms with Crippen molar-refractivity contribution in [2.75, 3.05) is 19.6 Å². The minimum atomic E-state index is -0.0399. The quantitative estimate of drug-likeness (QED) is 0.753. The molecule has 138 valence electrons. The zero-order valence-electron chi connectivity index (χ0n) is 14.9. The number of nitrogens with one attached hydrogen (secondary N) is 1. The molecule has 1 fully saturated rings. The summed E-state index contributed by atoms with van der Waals surface area (Å²) in [4.78, 5) is 22.9. The number of carbonyl (C=O) groups is 1. The van der Waals surface area contributed by atoms with Gasteiger partial charge in [0.2, 0.25) is 0 Å². The Balaban J connectivity index is 1.29. The summed E-state index contributed by atoms with van der Waals surface area (Å²) < 4.78 is 5.33. The molecule has 7 nitrogen and oxygen atoms in total. The van der Waals surface area contributed by atoms with E-state index in [1.807, 2.05) is 41.3 Å². The molecule has 1 aliphatic heterocycles. The van der Waals surface area contributed by atoms with E-state index in [1.54, 1.807) is 6.20 Å². The summed E-state index contributed by atoms with van der Waals surface area (Å²) in [5.74, 6) is 1.14. The molecule has 1 aliphatic rings. The number of benzene rings is 1. The highest BCUT2D eigenvalue weighted by Crippen LogP contribution is 2.26. The fourth-order valence-electron chi connectivity index (χ4n) is 3.22. The van der Waals surface area contributed by atoms with Crippen LogP contribution in [-0.4, -0.2) is 45.7 Å². The molecule has 1 aromatic carbocycles. The summed E-state index contributed by atoms with van der Waals surface area (Å²) in [7, 11) is 0. The number of rotatable bonds is 5. The van der Waals surface area contributed by atoms with Crippen molar-refractivity contribution < 1.29 is 9.32 Å². The first kappa shape index (κ1) is 17.2. The first-order valence-electron chi connectivity index (χ1n) is 9.11. The van der Waals surface area contributed by atoms with E-state index < -0.39 is 0 Å². The van der Waals surface area contributed by atoms with Crippen LogP contribution in [0.5, 0.6) is 0 Å². The average molecular weight is 363 g/mol. The number of pyridine rings is 1. The molecule has 1 N–H and O–H groups in total. The number of amides is 2. The highest BCUT2D eigenvalue weighted by atomic mass is 16.5. The van der Waals surface area contributed by atoms with Crippen LogP contribution in [0.25, 0.3) is 11.6 Å². The van der Waals surface area contributed by atoms with Gasteiger partial charge in [0, 0.05) is 31.7 Å². The number of carbonyl (C=O) groups excluding carboxylic acids is 1. The summed E-state index contributed by atoms with van der Waals surface area (Å²) in [5, 5.41) is 7.07. The van der Waals surface area contributed by atoms with E-state index in [-0.39, 0.29) is 11.9 Å². The number of urea groups is 1. The largest absolute Gasteiger partial charge is 0.338 e. The van der Waals surface area contributed by atoms with Crippen LogP contribution in [0, 0.1) is 0 Å². The Morgan fingerprint density at radius 1 is 1.19 bits per heavy atom. The SMILES string of the molecule is O=C(NCCc1ccccc1)N1CCC(c2noc(-c3ccccn3)n2)C1. The van der Waals surface area contributed by atoms with Gasteiger partial charge < -0.3 is 14.7 Å². The Morgan fingerprint density at radius 2 is 2.04 bits per heavy atom. The smallest absolute Gasteiger partial charge is 0.317 e. The highest BCUT2D eigenvalue weighted by molar-refractivity contribution is 5.74. The molecular formula is C20H21N5O2. The van der Waals surface area contributed by atoms with Gasteiger partial charge in [0.15, 0.2) is 5.82 Å². The van der Waals surface area contributed by atoms with Crippen molar-refractivity contribution in [3.8, 4) is 11.6 Å². The number of likely N-dealkylation sites (tertiary alicyclic amines) is 1. The van der Waals surface area contributed by atoms with Crippen LogP contribution >= 0.6 is 0 Å². The Morgan fingerprint density at radius 3 is 2.85 bits per heavy atom. The lowest BCUT2D eigenvalue weighted by Crippen LogP contribution is -2.39. The lowest BCUT2D eigenvalue weighted by molar-refractivity contribution is 0.208. The van der Waals surface area contributed by atoms with E-state index in [1.165, 1.54) is 5.56 Å². The van der Waals surface area contributed by atoms with Crippen molar-refractivity contribution in [3.05, 3.63) is 66.1 Å². The maximum atomic E-state index is 12.4. The first-order valence-corrected chi connectivity index (χ1v) is 9.11. The van der Waals surface area contributed by atoms with Crippen molar-refractivity contribution in [3.63, 3.8) is 0 Å². The number of hydrogen-bond donors (Lipinski definition) is 1. The summed E-state index contributed by atoms with van der Waals surface area (Å²) >= 11 is 0. The van der Waals surface area contributed by atoms with Crippen molar-refractivity contribution in [1.82, 2.24) is 25.3 Å². The number of aromatic nitrogens is 3. The summed E-state index contributed by atoms with van der Waals surface area (Å²) in [6, 6.07) is 15.6. The summed E-state index contributed by atoms with van der Waals surface area (Å²) in [5.41, 5.74) is 1.87. The first-order chi connectivity index (χ1) is 13.3. The summed E-state index contributed by atoms with van der Waals surface area (Å²) in [6.07, 6.45) is 3.34. The standard InChI is InChI=1S/C20H21N5O2/c26-20(22-12-9-15-6-2-1-3-7-15)25-13-10-16(14-25)18-23-19(27-24-18)17-8-4-5-11-21-17/h1-8,11,16H,9-10,12-14H2,(H,22,26). The van der Waals surface area contributed by atoms with Crippen LogP contribution in [0.15, 0.2) is 59.3 Å². The Kier molecular flexibility index (Phi) is 5.09. The zero-order valence-corrected chi connectivity index (χ0v) is 14.9. The number of nitrogens with zero attached hydrogens (tertiary/aromatic N) is 4. The molecule has 2 aromatic heterocycles. The lowest BCUT2D eigenvalue weighted by Gasteiger charge is -2.16. The van der Waals surface area contributed by atoms with Crippen LogP contribution in [0.1, 0.15) is 23.7 Å². The predicted molar refractivity (Wildman–Crippen MR) is 100 cm³/mol. The number of hydrogen-bond acceptors (Lipinski definition) is 5. The molecular weight excluding hydrogens is 342 g/mol. The topological polar surface area (TPSA) is 84.2 Å². The third-order valence-corrected chi connectivity index (χ3v) is 4.70. The van der Waals surface area contributed by atoms with Crippen LogP contribution in [0.4, 0.5) is 4.79 Å². The Bertz CT molecular complexity index is 882. The molecule has 4 rings (SSSR count). The predicted octanol–water partition coefficient (Wildman–Crippen LogP) is 2.87. The fraction of sp³-hybridized carbons (Fsp3) is 0.300. The van der Waals surface area contributed by atoms with Crippen molar-refractivity contribution in [2.45, 2.75) is 18.8 Å². The van der Waals surface area contributed by atoms with Crippen LogP contribution in [0.2, 0.25) is 0 Å². The van der Waals surface area contributed by atoms with E-state index >= 15 is 0 Å². The molecule has 0 radical (unpaired) electrons. The van der Waals surface area contributed by atoms with Gasteiger partial charge >= 0.3 is 6.03 Å². The maximum Gasteiger partial charge on any atom is 0.317 e. The molecule has 0 aliphatic carbocycles. The zero-order chi connectivity index (χ0) is 18.5. The second kappa shape index (κ2) is 7.99. The molecule has 1 unspecified atom stereocenters. The van der Waals surface area contributed by atoms with Gasteiger partial charge in [-0.1, -0.05) is 41.6 Å². The van der Waals surface area contributed by atoms with Crippen molar-refractivity contribution in [2.24, 2.45) is 0 Å². The van der Waals surface area contributed by atoms with E-state index in [2.05, 4.69) is 32.6 Å². The van der Waals surface area contributed by atoms with Gasteiger partial charge in [-0.15, -0.1) is 0 Å². The van der Waals surface area contributed by atoms with Crippen LogP contribution < -0.4 is 5.32 Å². The molecule has 0 spiro atoms. The van der Waals surface area contributed by atoms with Gasteiger partial charge in [-0.2, -0.15) is 4.98 Å². The molecule has 3 aromatic rings. The van der Waals surface area contributed by atoms with Gasteiger partial charge in [-0.3, -0.25) is 4.98 Å². The molecule has 2 amide bonds. The second-order valence-corrected chi connectivity index (χ2v) is 6.57. The van der Waals surface area contributed by atoms with Crippen molar-refractivity contribution in [1.29, 1.82) is 0 Å². The van der Waals surface area contributed by atoms with Gasteiger partial charge in [-0.05, 0) is 30.5 Å². The monoisotopic (exact) mass is 363 g/mol. The third-order valence-electron chi connectivity index (χ3n) is 4.70. The highest BCUT2D eigenvalue weighted by Gasteiger charge is 2.30. The molecule has 1 atom stereocenters. The van der Waals surface area contributed by atoms with Crippen LogP contribution in [-0.2, 0) is 6.42 Å². The molecule has 0 bridgehead atoms. The molecule has 3 heterocycles. The van der Waals surface area contributed by atoms with Crippen molar-refractivity contribution >= 4 is 6.03 Å². The van der Waals surface area contributed by atoms with E-state index in [4.69, 9.17) is 4.52 Å². The normalized spacial score (nSPS) is 16.4. The molecule has 7 heteroatoms. The van der Waals surface area contributed by atoms with E-state index in [0.717, 1.165) is 12.8 Å². The van der Waals surface area contributed by atoms with E-state index in [0.29, 0.717) is 37.0 Å². The molecule has 0 saturated carbocycles. The van der Waals surface area contributed by atoms with Gasteiger partial charge in [0.25, 0.3) is 5.89 Å². The minimum absolute atomic E-state index is 0.0399. The molecule has 27 heavy (non-hydrogen) atoms. The Labute approximate surface area is 157 Å². The lowest BCUT2D eigenvalue weighted by atomic mass is 10.1. The summed E-state index contributed by atoms with van der Waals surface area (Å²) in [6.45, 7) is 1.91. The molecule has 1 saturated heterocycles. The maximum absolute atomic E-state index is 12.4. The average Bonchev–Trinajstić information content (AvgIpc) is 3.39. The van der Waals surface area contributed by atoms with Gasteiger partial charge in [-0.25, -0.2) is 4.79 Å². The van der Waals surface area contributed by atoms with Gasteiger partial charge in [0.1, 0.15) is 5.69 Å². The van der Waals surface area contributed by atoms with E-state index in [9.17, 15) is 4.79 Å².